The summed E-state index contributed by atoms with van der Waals surface area (Å²) in [5.41, 5.74) is 0.972. The molecule has 0 aliphatic carbocycles. The van der Waals surface area contributed by atoms with E-state index in [-0.39, 0.29) is 0 Å². The second-order valence-electron chi connectivity index (χ2n) is 3.26. The minimum atomic E-state index is -0.833. The van der Waals surface area contributed by atoms with Crippen molar-refractivity contribution in [3.63, 3.8) is 0 Å². The highest BCUT2D eigenvalue weighted by atomic mass is 16.4. The number of hydrogen-bond donors (Lipinski definition) is 4. The largest absolute Gasteiger partial charge is 0.506 e. The summed E-state index contributed by atoms with van der Waals surface area (Å²) in [6.45, 7) is 2.17. The SMILES string of the molecule is CC(=O)O.CC(=O)O.Oc1c[nH]c2ccccc12. The molecule has 4 N–H and O–H groups in total. The highest BCUT2D eigenvalue weighted by Crippen LogP contribution is 2.22. The first-order valence-corrected chi connectivity index (χ1v) is 4.98. The Bertz CT molecular complexity index is 498. The minimum Gasteiger partial charge on any atom is -0.506 e. The van der Waals surface area contributed by atoms with Gasteiger partial charge in [-0.15, -0.1) is 0 Å². The Morgan fingerprint density at radius 2 is 1.50 bits per heavy atom. The summed E-state index contributed by atoms with van der Waals surface area (Å²) in [6, 6.07) is 7.63. The summed E-state index contributed by atoms with van der Waals surface area (Å²) in [4.78, 5) is 20.9. The standard InChI is InChI=1S/C8H7NO.2C2H4O2/c10-8-5-9-7-4-2-1-3-6(7)8;2*1-2(3)4/h1-5,9-10H;2*1H3,(H,3,4). The van der Waals surface area contributed by atoms with Gasteiger partial charge in [-0.25, -0.2) is 0 Å². The van der Waals surface area contributed by atoms with Gasteiger partial charge in [0.1, 0.15) is 5.75 Å². The average Bonchev–Trinajstić information content (AvgIpc) is 2.60. The summed E-state index contributed by atoms with van der Waals surface area (Å²) < 4.78 is 0. The Morgan fingerprint density at radius 1 is 1.06 bits per heavy atom. The lowest BCUT2D eigenvalue weighted by atomic mass is 10.2. The Kier molecular flexibility index (Phi) is 6.65. The summed E-state index contributed by atoms with van der Waals surface area (Å²) in [5.74, 6) is -1.35. The van der Waals surface area contributed by atoms with Crippen LogP contribution < -0.4 is 0 Å². The van der Waals surface area contributed by atoms with Gasteiger partial charge >= 0.3 is 0 Å². The van der Waals surface area contributed by atoms with Gasteiger partial charge in [0.25, 0.3) is 11.9 Å². The van der Waals surface area contributed by atoms with Crippen LogP contribution in [0.2, 0.25) is 0 Å². The number of H-pyrrole nitrogens is 1. The second kappa shape index (κ2) is 7.72. The van der Waals surface area contributed by atoms with Crippen molar-refractivity contribution >= 4 is 22.8 Å². The van der Waals surface area contributed by atoms with Crippen LogP contribution in [-0.4, -0.2) is 32.2 Å². The summed E-state index contributed by atoms with van der Waals surface area (Å²) in [7, 11) is 0. The fourth-order valence-electron chi connectivity index (χ4n) is 1.06. The second-order valence-corrected chi connectivity index (χ2v) is 3.26. The molecule has 2 rings (SSSR count). The molecule has 0 aliphatic rings. The predicted octanol–water partition coefficient (Wildman–Crippen LogP) is 2.06. The topological polar surface area (TPSA) is 111 Å². The lowest BCUT2D eigenvalue weighted by Crippen LogP contribution is -1.78. The quantitative estimate of drug-likeness (QED) is 0.574. The van der Waals surface area contributed by atoms with Crippen molar-refractivity contribution in [1.29, 1.82) is 0 Å². The zero-order valence-corrected chi connectivity index (χ0v) is 10.0. The molecule has 0 bridgehead atoms. The van der Waals surface area contributed by atoms with E-state index in [0.717, 1.165) is 24.8 Å². The Hall–Kier alpha value is -2.50. The van der Waals surface area contributed by atoms with Crippen LogP contribution in [-0.2, 0) is 9.59 Å². The van der Waals surface area contributed by atoms with Crippen molar-refractivity contribution in [2.75, 3.05) is 0 Å². The minimum absolute atomic E-state index is 0.315. The van der Waals surface area contributed by atoms with E-state index in [4.69, 9.17) is 19.8 Å². The third kappa shape index (κ3) is 6.89. The molecule has 0 aliphatic heterocycles. The smallest absolute Gasteiger partial charge is 0.300 e. The Balaban J connectivity index is 0.000000307. The Labute approximate surface area is 103 Å². The van der Waals surface area contributed by atoms with Crippen molar-refractivity contribution in [3.05, 3.63) is 30.5 Å². The molecule has 0 saturated heterocycles. The van der Waals surface area contributed by atoms with Gasteiger partial charge in [-0.1, -0.05) is 12.1 Å². The molecule has 0 spiro atoms. The van der Waals surface area contributed by atoms with Crippen LogP contribution in [0, 0.1) is 0 Å². The first-order valence-electron chi connectivity index (χ1n) is 4.98. The van der Waals surface area contributed by atoms with E-state index in [1.165, 1.54) is 0 Å². The van der Waals surface area contributed by atoms with Gasteiger partial charge in [-0.05, 0) is 12.1 Å². The number of fused-ring (bicyclic) bond motifs is 1. The Morgan fingerprint density at radius 3 is 1.94 bits per heavy atom. The number of aliphatic carboxylic acids is 2. The van der Waals surface area contributed by atoms with E-state index in [2.05, 4.69) is 4.98 Å². The van der Waals surface area contributed by atoms with Crippen molar-refractivity contribution in [2.24, 2.45) is 0 Å². The van der Waals surface area contributed by atoms with E-state index < -0.39 is 11.9 Å². The van der Waals surface area contributed by atoms with Crippen LogP contribution in [0.3, 0.4) is 0 Å². The molecule has 0 unspecified atom stereocenters. The molecule has 0 radical (unpaired) electrons. The molecule has 6 heteroatoms. The molecule has 0 atom stereocenters. The number of aromatic nitrogens is 1. The number of hydrogen-bond acceptors (Lipinski definition) is 3. The summed E-state index contributed by atoms with van der Waals surface area (Å²) >= 11 is 0. The molecule has 2 aromatic rings. The van der Waals surface area contributed by atoms with Gasteiger partial charge in [0, 0.05) is 30.9 Å². The monoisotopic (exact) mass is 253 g/mol. The molecule has 1 aromatic carbocycles. The third-order valence-corrected chi connectivity index (χ3v) is 1.57. The van der Waals surface area contributed by atoms with Crippen molar-refractivity contribution < 1.29 is 24.9 Å². The third-order valence-electron chi connectivity index (χ3n) is 1.57. The van der Waals surface area contributed by atoms with E-state index in [1.807, 2.05) is 24.3 Å². The molecule has 0 saturated carbocycles. The van der Waals surface area contributed by atoms with Crippen molar-refractivity contribution in [1.82, 2.24) is 4.98 Å². The van der Waals surface area contributed by atoms with Gasteiger partial charge < -0.3 is 20.3 Å². The number of aromatic hydroxyl groups is 1. The predicted molar refractivity (Wildman–Crippen MR) is 66.6 cm³/mol. The number of rotatable bonds is 0. The fourth-order valence-corrected chi connectivity index (χ4v) is 1.06. The highest BCUT2D eigenvalue weighted by molar-refractivity contribution is 5.85. The number of benzene rings is 1. The van der Waals surface area contributed by atoms with Gasteiger partial charge in [0.15, 0.2) is 0 Å². The van der Waals surface area contributed by atoms with Crippen molar-refractivity contribution in [2.45, 2.75) is 13.8 Å². The van der Waals surface area contributed by atoms with E-state index in [0.29, 0.717) is 5.75 Å². The first-order chi connectivity index (χ1) is 8.34. The molecule has 0 amide bonds. The van der Waals surface area contributed by atoms with Gasteiger partial charge in [0.2, 0.25) is 0 Å². The molecule has 18 heavy (non-hydrogen) atoms. The van der Waals surface area contributed by atoms with Crippen molar-refractivity contribution in [3.8, 4) is 5.75 Å². The number of aromatic amines is 1. The fraction of sp³-hybridized carbons (Fsp3) is 0.167. The van der Waals surface area contributed by atoms with E-state index in [1.54, 1.807) is 6.20 Å². The average molecular weight is 253 g/mol. The molecular formula is C12H15NO5. The maximum atomic E-state index is 9.18. The maximum absolute atomic E-state index is 9.18. The van der Waals surface area contributed by atoms with Crippen LogP contribution in [0.5, 0.6) is 5.75 Å². The molecular weight excluding hydrogens is 238 g/mol. The molecule has 6 nitrogen and oxygen atoms in total. The molecule has 1 aromatic heterocycles. The first kappa shape index (κ1) is 15.5. The lowest BCUT2D eigenvalue weighted by molar-refractivity contribution is -0.135. The number of carboxylic acid groups (broad SMARTS) is 2. The molecule has 1 heterocycles. The number of para-hydroxylation sites is 1. The van der Waals surface area contributed by atoms with Gasteiger partial charge in [-0.2, -0.15) is 0 Å². The summed E-state index contributed by atoms with van der Waals surface area (Å²) in [5, 5.41) is 24.9. The number of carboxylic acids is 2. The summed E-state index contributed by atoms with van der Waals surface area (Å²) in [6.07, 6.45) is 1.59. The van der Waals surface area contributed by atoms with E-state index in [9.17, 15) is 5.11 Å². The normalized spacial score (nSPS) is 8.56. The maximum Gasteiger partial charge on any atom is 0.300 e. The van der Waals surface area contributed by atoms with E-state index >= 15 is 0 Å². The molecule has 0 fully saturated rings. The zero-order valence-electron chi connectivity index (χ0n) is 10.0. The zero-order chi connectivity index (χ0) is 14.1. The van der Waals surface area contributed by atoms with Crippen LogP contribution in [0.15, 0.2) is 30.5 Å². The van der Waals surface area contributed by atoms with Gasteiger partial charge in [0.05, 0.1) is 0 Å². The van der Waals surface area contributed by atoms with Crippen LogP contribution in [0.1, 0.15) is 13.8 Å². The lowest BCUT2D eigenvalue weighted by Gasteiger charge is -1.86. The number of nitrogens with one attached hydrogen (secondary N) is 1. The highest BCUT2D eigenvalue weighted by Gasteiger charge is 1.97. The molecule has 98 valence electrons. The van der Waals surface area contributed by atoms with Crippen LogP contribution in [0.25, 0.3) is 10.9 Å². The number of carbonyl (C=O) groups is 2. The van der Waals surface area contributed by atoms with Crippen LogP contribution >= 0.6 is 0 Å². The van der Waals surface area contributed by atoms with Gasteiger partial charge in [-0.3, -0.25) is 9.59 Å². The van der Waals surface area contributed by atoms with Crippen LogP contribution in [0.4, 0.5) is 0 Å².